The van der Waals surface area contributed by atoms with Crippen LogP contribution in [-0.2, 0) is 21.1 Å². The number of halogens is 8. The molecule has 1 aliphatic heterocycles. The summed E-state index contributed by atoms with van der Waals surface area (Å²) in [6.45, 7) is -0.275. The fraction of sp³-hybridized carbons (Fsp3) is 0.250. The van der Waals surface area contributed by atoms with Crippen molar-refractivity contribution in [1.29, 1.82) is 0 Å². The number of sulfone groups is 1. The molecule has 1 N–H and O–H groups in total. The minimum Gasteiger partial charge on any atom is -0.497 e. The Labute approximate surface area is 216 Å². The highest BCUT2D eigenvalue weighted by Gasteiger charge is 2.55. The topological polar surface area (TPSA) is 73.9 Å². The largest absolute Gasteiger partial charge is 0.573 e. The van der Waals surface area contributed by atoms with Crippen molar-refractivity contribution in [3.63, 3.8) is 0 Å². The lowest BCUT2D eigenvalue weighted by Gasteiger charge is -2.41. The molecule has 1 atom stereocenters. The molecule has 0 radical (unpaired) electrons. The Balaban J connectivity index is 2.18. The molecule has 3 aromatic rings. The van der Waals surface area contributed by atoms with Gasteiger partial charge in [-0.25, -0.2) is 30.4 Å². The molecule has 3 aromatic carbocycles. The molecule has 1 aliphatic rings. The Kier molecular flexibility index (Phi) is 7.19. The van der Waals surface area contributed by atoms with E-state index in [1.807, 2.05) is 0 Å². The van der Waals surface area contributed by atoms with Crippen LogP contribution in [0.15, 0.2) is 41.3 Å². The van der Waals surface area contributed by atoms with E-state index in [-0.39, 0.29) is 35.6 Å². The van der Waals surface area contributed by atoms with E-state index in [9.17, 15) is 43.5 Å². The van der Waals surface area contributed by atoms with E-state index < -0.39 is 66.4 Å². The van der Waals surface area contributed by atoms with E-state index in [0.29, 0.717) is 6.07 Å². The predicted molar refractivity (Wildman–Crippen MR) is 119 cm³/mol. The molecule has 6 nitrogen and oxygen atoms in total. The van der Waals surface area contributed by atoms with Gasteiger partial charge in [-0.3, -0.25) is 5.32 Å². The van der Waals surface area contributed by atoms with Gasteiger partial charge in [-0.2, -0.15) is 0 Å². The number of nitrogens with one attached hydrogen (secondary N) is 1. The SMILES string of the molecule is COc1cc2c(c(OC)c1)C(c1cccc(OC(F)(F)F)c1)(S(=O)(=O)c1c(F)c(F)c(F)c(F)c1F)NCC2. The van der Waals surface area contributed by atoms with Gasteiger partial charge in [0.25, 0.3) is 0 Å². The second-order valence-electron chi connectivity index (χ2n) is 8.20. The first kappa shape index (κ1) is 28.4. The zero-order chi connectivity index (χ0) is 28.9. The number of hydrogen-bond acceptors (Lipinski definition) is 6. The van der Waals surface area contributed by atoms with Gasteiger partial charge in [0.15, 0.2) is 28.1 Å². The van der Waals surface area contributed by atoms with Gasteiger partial charge in [-0.1, -0.05) is 12.1 Å². The van der Waals surface area contributed by atoms with Crippen LogP contribution in [-0.4, -0.2) is 35.5 Å². The number of fused-ring (bicyclic) bond motifs is 1. The van der Waals surface area contributed by atoms with E-state index >= 15 is 0 Å². The van der Waals surface area contributed by atoms with E-state index in [2.05, 4.69) is 10.1 Å². The summed E-state index contributed by atoms with van der Waals surface area (Å²) in [6, 6.07) is 5.91. The molecule has 1 heterocycles. The average Bonchev–Trinajstić information content (AvgIpc) is 2.88. The molecule has 0 aromatic heterocycles. The molecule has 0 spiro atoms. The van der Waals surface area contributed by atoms with E-state index in [0.717, 1.165) is 25.3 Å². The van der Waals surface area contributed by atoms with Crippen molar-refractivity contribution < 1.29 is 57.8 Å². The summed E-state index contributed by atoms with van der Waals surface area (Å²) < 4.78 is 154. The minimum atomic E-state index is -5.79. The molecule has 15 heteroatoms. The molecular formula is C24H17F8NO5S. The number of rotatable bonds is 6. The third kappa shape index (κ3) is 4.52. The highest BCUT2D eigenvalue weighted by molar-refractivity contribution is 7.92. The first-order valence-corrected chi connectivity index (χ1v) is 12.3. The lowest BCUT2D eigenvalue weighted by atomic mass is 9.88. The molecule has 0 fully saturated rings. The smallest absolute Gasteiger partial charge is 0.497 e. The van der Waals surface area contributed by atoms with Crippen LogP contribution in [0.5, 0.6) is 17.2 Å². The van der Waals surface area contributed by atoms with Gasteiger partial charge in [0.1, 0.15) is 22.1 Å². The molecule has 210 valence electrons. The van der Waals surface area contributed by atoms with Crippen LogP contribution >= 0.6 is 0 Å². The predicted octanol–water partition coefficient (Wildman–Crippen LogP) is 5.12. The second-order valence-corrected chi connectivity index (χ2v) is 10.2. The Bertz CT molecular complexity index is 1510. The van der Waals surface area contributed by atoms with Crippen LogP contribution in [0.1, 0.15) is 16.7 Å². The lowest BCUT2D eigenvalue weighted by molar-refractivity contribution is -0.274. The Morgan fingerprint density at radius 2 is 1.46 bits per heavy atom. The van der Waals surface area contributed by atoms with Crippen LogP contribution < -0.4 is 19.5 Å². The molecule has 4 rings (SSSR count). The summed E-state index contributed by atoms with van der Waals surface area (Å²) in [4.78, 5) is -5.12. The van der Waals surface area contributed by atoms with E-state index in [4.69, 9.17) is 9.47 Å². The number of benzene rings is 3. The third-order valence-electron chi connectivity index (χ3n) is 6.05. The van der Waals surface area contributed by atoms with Crippen molar-refractivity contribution >= 4 is 9.84 Å². The average molecular weight is 583 g/mol. The van der Waals surface area contributed by atoms with E-state index in [1.54, 1.807) is 0 Å². The fourth-order valence-electron chi connectivity index (χ4n) is 4.50. The van der Waals surface area contributed by atoms with Crippen molar-refractivity contribution in [3.8, 4) is 17.2 Å². The van der Waals surface area contributed by atoms with Gasteiger partial charge < -0.3 is 14.2 Å². The molecule has 0 aliphatic carbocycles. The normalized spacial score (nSPS) is 17.5. The highest BCUT2D eigenvalue weighted by atomic mass is 32.2. The maximum atomic E-state index is 15.0. The number of alkyl halides is 3. The summed E-state index contributed by atoms with van der Waals surface area (Å²) >= 11 is 0. The van der Waals surface area contributed by atoms with Crippen LogP contribution in [0.3, 0.4) is 0 Å². The van der Waals surface area contributed by atoms with Crippen molar-refractivity contribution in [2.45, 2.75) is 22.5 Å². The molecule has 0 saturated heterocycles. The van der Waals surface area contributed by atoms with Gasteiger partial charge in [0, 0.05) is 18.2 Å². The maximum absolute atomic E-state index is 15.0. The summed E-state index contributed by atoms with van der Waals surface area (Å²) in [5, 5.41) is 2.54. The molecule has 0 bridgehead atoms. The van der Waals surface area contributed by atoms with Crippen molar-refractivity contribution in [2.24, 2.45) is 0 Å². The molecule has 0 amide bonds. The van der Waals surface area contributed by atoms with Crippen LogP contribution in [0.25, 0.3) is 0 Å². The quantitative estimate of drug-likeness (QED) is 0.188. The molecule has 0 saturated carbocycles. The highest BCUT2D eigenvalue weighted by Crippen LogP contribution is 2.50. The van der Waals surface area contributed by atoms with Crippen LogP contribution in [0, 0.1) is 29.1 Å². The first-order valence-electron chi connectivity index (χ1n) is 10.8. The molecule has 1 unspecified atom stereocenters. The number of hydrogen-bond donors (Lipinski definition) is 1. The van der Waals surface area contributed by atoms with Gasteiger partial charge in [0.2, 0.25) is 15.7 Å². The van der Waals surface area contributed by atoms with Gasteiger partial charge in [-0.15, -0.1) is 13.2 Å². The van der Waals surface area contributed by atoms with E-state index in [1.165, 1.54) is 19.2 Å². The minimum absolute atomic E-state index is 0.0516. The third-order valence-corrected chi connectivity index (χ3v) is 8.34. The standard InChI is InChI=1S/C24H17F8NO5S/c1-36-14-8-11-6-7-33-23(16(11)15(10-14)37-2,12-4-3-5-13(9-12)38-24(30,31)32)39(34,35)22-20(28)18(26)17(25)19(27)21(22)29/h3-5,8-10,33H,6-7H2,1-2H3. The second kappa shape index (κ2) is 9.86. The van der Waals surface area contributed by atoms with Crippen molar-refractivity contribution in [1.82, 2.24) is 5.32 Å². The Morgan fingerprint density at radius 1 is 0.846 bits per heavy atom. The summed E-state index contributed by atoms with van der Waals surface area (Å²) in [7, 11) is -3.41. The van der Waals surface area contributed by atoms with Crippen LogP contribution in [0.2, 0.25) is 0 Å². The van der Waals surface area contributed by atoms with Crippen LogP contribution in [0.4, 0.5) is 35.1 Å². The summed E-state index contributed by atoms with van der Waals surface area (Å²) in [5.41, 5.74) is -0.831. The lowest BCUT2D eigenvalue weighted by Crippen LogP contribution is -2.54. The van der Waals surface area contributed by atoms with Crippen molar-refractivity contribution in [3.05, 3.63) is 82.2 Å². The van der Waals surface area contributed by atoms with Gasteiger partial charge in [0.05, 0.1) is 14.2 Å². The van der Waals surface area contributed by atoms with Crippen molar-refractivity contribution in [2.75, 3.05) is 20.8 Å². The summed E-state index contributed by atoms with van der Waals surface area (Å²) in [6.07, 6.45) is -5.16. The zero-order valence-electron chi connectivity index (χ0n) is 19.9. The Hall–Kier alpha value is -3.59. The number of methoxy groups -OCH3 is 2. The monoisotopic (exact) mass is 583 g/mol. The maximum Gasteiger partial charge on any atom is 0.573 e. The molecular weight excluding hydrogens is 566 g/mol. The zero-order valence-corrected chi connectivity index (χ0v) is 20.7. The summed E-state index contributed by atoms with van der Waals surface area (Å²) in [5.74, 6) is -14.0. The van der Waals surface area contributed by atoms with Gasteiger partial charge >= 0.3 is 6.36 Å². The van der Waals surface area contributed by atoms with Gasteiger partial charge in [-0.05, 0) is 35.7 Å². The number of ether oxygens (including phenoxy) is 3. The first-order chi connectivity index (χ1) is 18.2. The molecule has 39 heavy (non-hydrogen) atoms. The fourth-order valence-corrected chi connectivity index (χ4v) is 6.69. The Morgan fingerprint density at radius 3 is 2.03 bits per heavy atom.